The molecule has 0 fully saturated rings. The number of rotatable bonds is 9. The molecule has 0 saturated heterocycles. The summed E-state index contributed by atoms with van der Waals surface area (Å²) in [4.78, 5) is 27.1. The van der Waals surface area contributed by atoms with Gasteiger partial charge in [0, 0.05) is 23.1 Å². The number of amides is 2. The Kier molecular flexibility index (Phi) is 8.73. The molecule has 0 unspecified atom stereocenters. The third kappa shape index (κ3) is 7.12. The summed E-state index contributed by atoms with van der Waals surface area (Å²) in [7, 11) is -3.79. The molecule has 0 aliphatic heterocycles. The van der Waals surface area contributed by atoms with Gasteiger partial charge in [-0.3, -0.25) is 13.9 Å². The molecule has 0 aliphatic carbocycles. The van der Waals surface area contributed by atoms with Crippen molar-refractivity contribution in [2.75, 3.05) is 23.7 Å². The standard InChI is InChI=1S/C21H25Cl2N3O4S/c1-4-24-21(28)15(2)25(13-16-7-5-8-17(22)11-16)20(27)14-26(31(3,29)30)19-10-6-9-18(23)12-19/h5-12,15H,4,13-14H2,1-3H3,(H,24,28)/t15-/m0/s1. The number of nitrogens with one attached hydrogen (secondary N) is 1. The quantitative estimate of drug-likeness (QED) is 0.589. The molecular weight excluding hydrogens is 461 g/mol. The number of carbonyl (C=O) groups excluding carboxylic acids is 2. The van der Waals surface area contributed by atoms with Gasteiger partial charge in [-0.25, -0.2) is 8.42 Å². The second-order valence-corrected chi connectivity index (χ2v) is 9.75. The van der Waals surface area contributed by atoms with Crippen LogP contribution in [-0.4, -0.2) is 50.5 Å². The van der Waals surface area contributed by atoms with Crippen LogP contribution >= 0.6 is 23.2 Å². The van der Waals surface area contributed by atoms with Gasteiger partial charge in [0.1, 0.15) is 12.6 Å². The summed E-state index contributed by atoms with van der Waals surface area (Å²) < 4.78 is 25.8. The van der Waals surface area contributed by atoms with Gasteiger partial charge >= 0.3 is 0 Å². The van der Waals surface area contributed by atoms with E-state index in [4.69, 9.17) is 23.2 Å². The third-order valence-corrected chi connectivity index (χ3v) is 6.15. The van der Waals surface area contributed by atoms with Gasteiger partial charge in [0.25, 0.3) is 0 Å². The van der Waals surface area contributed by atoms with E-state index in [-0.39, 0.29) is 18.1 Å². The molecule has 0 spiro atoms. The van der Waals surface area contributed by atoms with Crippen LogP contribution < -0.4 is 9.62 Å². The first-order valence-electron chi connectivity index (χ1n) is 9.57. The van der Waals surface area contributed by atoms with Crippen LogP contribution in [-0.2, 0) is 26.2 Å². The first-order valence-corrected chi connectivity index (χ1v) is 12.2. The summed E-state index contributed by atoms with van der Waals surface area (Å²) in [5.74, 6) is -0.879. The van der Waals surface area contributed by atoms with Crippen LogP contribution in [0.25, 0.3) is 0 Å². The Morgan fingerprint density at radius 3 is 2.23 bits per heavy atom. The van der Waals surface area contributed by atoms with Gasteiger partial charge in [-0.15, -0.1) is 0 Å². The topological polar surface area (TPSA) is 86.8 Å². The van der Waals surface area contributed by atoms with Crippen LogP contribution in [0.2, 0.25) is 10.0 Å². The maximum atomic E-state index is 13.3. The second-order valence-electron chi connectivity index (χ2n) is 6.97. The van der Waals surface area contributed by atoms with Gasteiger partial charge in [-0.2, -0.15) is 0 Å². The molecule has 168 valence electrons. The van der Waals surface area contributed by atoms with Crippen molar-refractivity contribution in [2.24, 2.45) is 0 Å². The fraction of sp³-hybridized carbons (Fsp3) is 0.333. The Labute approximate surface area is 193 Å². The number of nitrogens with zero attached hydrogens (tertiary/aromatic N) is 2. The van der Waals surface area contributed by atoms with Gasteiger partial charge in [0.15, 0.2) is 0 Å². The number of likely N-dealkylation sites (N-methyl/N-ethyl adjacent to an activating group) is 1. The predicted molar refractivity (Wildman–Crippen MR) is 124 cm³/mol. The molecule has 31 heavy (non-hydrogen) atoms. The van der Waals surface area contributed by atoms with Crippen LogP contribution in [0.3, 0.4) is 0 Å². The van der Waals surface area contributed by atoms with Gasteiger partial charge in [-0.05, 0) is 49.7 Å². The van der Waals surface area contributed by atoms with E-state index in [0.717, 1.165) is 10.6 Å². The fourth-order valence-electron chi connectivity index (χ4n) is 2.98. The van der Waals surface area contributed by atoms with E-state index in [9.17, 15) is 18.0 Å². The largest absolute Gasteiger partial charge is 0.355 e. The minimum atomic E-state index is -3.79. The normalized spacial score (nSPS) is 12.2. The molecule has 0 aliphatic rings. The molecule has 2 rings (SSSR count). The molecule has 10 heteroatoms. The monoisotopic (exact) mass is 485 g/mol. The Hall–Kier alpha value is -2.29. The summed E-state index contributed by atoms with van der Waals surface area (Å²) in [6.45, 7) is 3.38. The average Bonchev–Trinajstić information content (AvgIpc) is 2.69. The Morgan fingerprint density at radius 2 is 1.68 bits per heavy atom. The van der Waals surface area contributed by atoms with E-state index in [2.05, 4.69) is 5.32 Å². The van der Waals surface area contributed by atoms with E-state index < -0.39 is 28.5 Å². The van der Waals surface area contributed by atoms with E-state index in [0.29, 0.717) is 22.2 Å². The van der Waals surface area contributed by atoms with Crippen LogP contribution in [0.5, 0.6) is 0 Å². The maximum absolute atomic E-state index is 13.3. The molecule has 0 heterocycles. The van der Waals surface area contributed by atoms with Crippen LogP contribution in [0.1, 0.15) is 19.4 Å². The van der Waals surface area contributed by atoms with E-state index in [1.165, 1.54) is 11.0 Å². The molecule has 1 N–H and O–H groups in total. The number of hydrogen-bond acceptors (Lipinski definition) is 4. The van der Waals surface area contributed by atoms with Crippen molar-refractivity contribution in [2.45, 2.75) is 26.4 Å². The highest BCUT2D eigenvalue weighted by molar-refractivity contribution is 7.92. The van der Waals surface area contributed by atoms with Crippen LogP contribution in [0.15, 0.2) is 48.5 Å². The zero-order chi connectivity index (χ0) is 23.2. The predicted octanol–water partition coefficient (Wildman–Crippen LogP) is 3.31. The lowest BCUT2D eigenvalue weighted by Crippen LogP contribution is -2.51. The minimum Gasteiger partial charge on any atom is -0.355 e. The summed E-state index contributed by atoms with van der Waals surface area (Å²) >= 11 is 12.1. The van der Waals surface area contributed by atoms with Gasteiger partial charge in [-0.1, -0.05) is 41.4 Å². The highest BCUT2D eigenvalue weighted by Crippen LogP contribution is 2.23. The third-order valence-electron chi connectivity index (χ3n) is 4.54. The zero-order valence-corrected chi connectivity index (χ0v) is 19.8. The van der Waals surface area contributed by atoms with Crippen molar-refractivity contribution in [3.8, 4) is 0 Å². The SMILES string of the molecule is CCNC(=O)[C@H](C)N(Cc1cccc(Cl)c1)C(=O)CN(c1cccc(Cl)c1)S(C)(=O)=O. The van der Waals surface area contributed by atoms with Crippen molar-refractivity contribution in [1.29, 1.82) is 0 Å². The summed E-state index contributed by atoms with van der Waals surface area (Å²) in [5.41, 5.74) is 0.974. The van der Waals surface area contributed by atoms with Gasteiger partial charge in [0.2, 0.25) is 21.8 Å². The maximum Gasteiger partial charge on any atom is 0.244 e. The molecule has 0 aromatic heterocycles. The highest BCUT2D eigenvalue weighted by Gasteiger charge is 2.30. The van der Waals surface area contributed by atoms with E-state index in [1.54, 1.807) is 56.3 Å². The van der Waals surface area contributed by atoms with Crippen molar-refractivity contribution >= 4 is 50.7 Å². The molecule has 0 saturated carbocycles. The lowest BCUT2D eigenvalue weighted by atomic mass is 10.1. The molecule has 2 aromatic rings. The summed E-state index contributed by atoms with van der Waals surface area (Å²) in [6.07, 6.45) is 1.01. The lowest BCUT2D eigenvalue weighted by Gasteiger charge is -2.31. The summed E-state index contributed by atoms with van der Waals surface area (Å²) in [6, 6.07) is 12.3. The van der Waals surface area contributed by atoms with E-state index in [1.807, 2.05) is 0 Å². The first kappa shape index (κ1) is 25.0. The number of hydrogen-bond donors (Lipinski definition) is 1. The highest BCUT2D eigenvalue weighted by atomic mass is 35.5. The van der Waals surface area contributed by atoms with Gasteiger partial charge < -0.3 is 10.2 Å². The van der Waals surface area contributed by atoms with E-state index >= 15 is 0 Å². The summed E-state index contributed by atoms with van der Waals surface area (Å²) in [5, 5.41) is 3.52. The van der Waals surface area contributed by atoms with Crippen molar-refractivity contribution in [3.05, 3.63) is 64.1 Å². The van der Waals surface area contributed by atoms with Crippen molar-refractivity contribution in [3.63, 3.8) is 0 Å². The molecule has 0 radical (unpaired) electrons. The van der Waals surface area contributed by atoms with Crippen molar-refractivity contribution in [1.82, 2.24) is 10.2 Å². The zero-order valence-electron chi connectivity index (χ0n) is 17.5. The lowest BCUT2D eigenvalue weighted by molar-refractivity contribution is -0.139. The average molecular weight is 486 g/mol. The smallest absolute Gasteiger partial charge is 0.244 e. The Morgan fingerprint density at radius 1 is 1.06 bits per heavy atom. The van der Waals surface area contributed by atoms with Crippen LogP contribution in [0.4, 0.5) is 5.69 Å². The molecule has 2 aromatic carbocycles. The molecule has 2 amide bonds. The Balaban J connectivity index is 2.38. The van der Waals surface area contributed by atoms with Crippen molar-refractivity contribution < 1.29 is 18.0 Å². The molecule has 1 atom stereocenters. The number of halogens is 2. The molecular formula is C21H25Cl2N3O4S. The molecule has 0 bridgehead atoms. The molecule has 7 nitrogen and oxygen atoms in total. The number of carbonyl (C=O) groups is 2. The van der Waals surface area contributed by atoms with Gasteiger partial charge in [0.05, 0.1) is 11.9 Å². The minimum absolute atomic E-state index is 0.0881. The first-order chi connectivity index (χ1) is 14.5. The second kappa shape index (κ2) is 10.8. The fourth-order valence-corrected chi connectivity index (χ4v) is 4.22. The Bertz CT molecular complexity index is 1050. The number of anilines is 1. The van der Waals surface area contributed by atoms with Crippen LogP contribution in [0, 0.1) is 0 Å². The number of benzene rings is 2. The number of sulfonamides is 1.